The Kier molecular flexibility index (Phi) is 9.98. The molecule has 0 aromatic heterocycles. The first-order valence-corrected chi connectivity index (χ1v) is 17.4. The Hall–Kier alpha value is -1.44. The van der Waals surface area contributed by atoms with Gasteiger partial charge in [0.25, 0.3) is 0 Å². The van der Waals surface area contributed by atoms with Crippen LogP contribution in [-0.4, -0.2) is 65.8 Å². The van der Waals surface area contributed by atoms with Crippen LogP contribution in [0.25, 0.3) is 10.4 Å². The zero-order chi connectivity index (χ0) is 26.7. The van der Waals surface area contributed by atoms with Crippen molar-refractivity contribution < 1.29 is 32.7 Å². The molecule has 0 aromatic carbocycles. The van der Waals surface area contributed by atoms with Crippen molar-refractivity contribution in [2.24, 2.45) is 5.11 Å². The third-order valence-corrected chi connectivity index (χ3v) is 15.9. The van der Waals surface area contributed by atoms with Gasteiger partial charge in [-0.2, -0.15) is 0 Å². The molecule has 196 valence electrons. The zero-order valence-corrected chi connectivity index (χ0v) is 24.8. The highest BCUT2D eigenvalue weighted by Gasteiger charge is 2.54. The lowest BCUT2D eigenvalue weighted by atomic mass is 9.97. The molecule has 0 bridgehead atoms. The fourth-order valence-electron chi connectivity index (χ4n) is 2.96. The van der Waals surface area contributed by atoms with Gasteiger partial charge in [0.2, 0.25) is 0 Å². The van der Waals surface area contributed by atoms with Crippen molar-refractivity contribution in [1.29, 1.82) is 0 Å². The molecule has 0 saturated carbocycles. The van der Waals surface area contributed by atoms with E-state index in [1.165, 1.54) is 13.8 Å². The van der Waals surface area contributed by atoms with Gasteiger partial charge in [0.05, 0.1) is 0 Å². The number of carbonyl (C=O) groups is 2. The van der Waals surface area contributed by atoms with Crippen LogP contribution < -0.4 is 0 Å². The van der Waals surface area contributed by atoms with Gasteiger partial charge in [-0.3, -0.25) is 9.59 Å². The number of rotatable bonds is 8. The number of azide groups is 1. The predicted octanol–water partition coefficient (Wildman–Crippen LogP) is 5.30. The second-order valence-electron chi connectivity index (χ2n) is 11.8. The van der Waals surface area contributed by atoms with E-state index in [0.717, 1.165) is 0 Å². The second kappa shape index (κ2) is 11.1. The summed E-state index contributed by atoms with van der Waals surface area (Å²) in [5.74, 6) is -1.02. The molecule has 5 atom stereocenters. The lowest BCUT2D eigenvalue weighted by molar-refractivity contribution is -0.247. The molecule has 1 rings (SSSR count). The maximum Gasteiger partial charge on any atom is 0.303 e. The highest BCUT2D eigenvalue weighted by molar-refractivity contribution is 6.74. The van der Waals surface area contributed by atoms with E-state index in [9.17, 15) is 15.1 Å². The first-order chi connectivity index (χ1) is 15.2. The van der Waals surface area contributed by atoms with Gasteiger partial charge in [-0.15, -0.1) is 0 Å². The number of hydrogen-bond donors (Lipinski definition) is 0. The molecule has 0 spiro atoms. The molecule has 0 N–H and O–H groups in total. The maximum atomic E-state index is 12.1. The summed E-state index contributed by atoms with van der Waals surface area (Å²) in [6.45, 7) is 23.2. The molecule has 12 heteroatoms. The summed E-state index contributed by atoms with van der Waals surface area (Å²) in [5.41, 5.74) is 9.35. The molecule has 1 aliphatic rings. The average Bonchev–Trinajstić information content (AvgIpc) is 2.62. The molecular formula is C22H43N3O7Si2. The largest absolute Gasteiger partial charge is 0.463 e. The minimum Gasteiger partial charge on any atom is -0.463 e. The predicted molar refractivity (Wildman–Crippen MR) is 134 cm³/mol. The Labute approximate surface area is 205 Å². The lowest BCUT2D eigenvalue weighted by Crippen LogP contribution is -2.65. The highest BCUT2D eigenvalue weighted by atomic mass is 28.4. The van der Waals surface area contributed by atoms with E-state index in [1.54, 1.807) is 0 Å². The molecule has 0 radical (unpaired) electrons. The molecule has 1 fully saturated rings. The Morgan fingerprint density at radius 3 is 1.82 bits per heavy atom. The maximum absolute atomic E-state index is 12.1. The van der Waals surface area contributed by atoms with Crippen molar-refractivity contribution >= 4 is 28.6 Å². The van der Waals surface area contributed by atoms with Gasteiger partial charge in [0.15, 0.2) is 22.9 Å². The minimum absolute atomic E-state index is 0.118. The molecule has 34 heavy (non-hydrogen) atoms. The number of hydrogen-bond acceptors (Lipinski definition) is 8. The normalized spacial score (nSPS) is 26.4. The SMILES string of the molecule is CC(=O)OC[C@H]1O[C@@H](O[Si](C)(C)C(C)(C)C)[C@H](N=[N+]=[N-])[C@@H](OC(C)=O)[C@@H]1O[Si](C)(C)C(C)(C)C. The van der Waals surface area contributed by atoms with Crippen LogP contribution in [0.5, 0.6) is 0 Å². The molecule has 0 unspecified atom stereocenters. The molecular weight excluding hydrogens is 474 g/mol. The second-order valence-corrected chi connectivity index (χ2v) is 21.3. The van der Waals surface area contributed by atoms with E-state index in [0.29, 0.717) is 0 Å². The van der Waals surface area contributed by atoms with Crippen molar-refractivity contribution in [3.05, 3.63) is 10.4 Å². The third-order valence-electron chi connectivity index (χ3n) is 7.01. The number of nitrogens with zero attached hydrogens (tertiary/aromatic N) is 3. The van der Waals surface area contributed by atoms with Crippen LogP contribution in [0.4, 0.5) is 0 Å². The van der Waals surface area contributed by atoms with Crippen LogP contribution in [0.3, 0.4) is 0 Å². The van der Waals surface area contributed by atoms with E-state index >= 15 is 0 Å². The van der Waals surface area contributed by atoms with Gasteiger partial charge >= 0.3 is 11.9 Å². The van der Waals surface area contributed by atoms with Crippen molar-refractivity contribution in [2.45, 2.75) is 122 Å². The highest BCUT2D eigenvalue weighted by Crippen LogP contribution is 2.43. The van der Waals surface area contributed by atoms with Crippen molar-refractivity contribution in [3.63, 3.8) is 0 Å². The van der Waals surface area contributed by atoms with Gasteiger partial charge < -0.3 is 23.1 Å². The van der Waals surface area contributed by atoms with E-state index in [1.807, 2.05) is 13.1 Å². The van der Waals surface area contributed by atoms with E-state index in [-0.39, 0.29) is 16.7 Å². The first-order valence-electron chi connectivity index (χ1n) is 11.6. The van der Waals surface area contributed by atoms with Gasteiger partial charge in [-0.05, 0) is 41.8 Å². The van der Waals surface area contributed by atoms with E-state index < -0.39 is 59.2 Å². The van der Waals surface area contributed by atoms with Gasteiger partial charge in [-0.25, -0.2) is 0 Å². The van der Waals surface area contributed by atoms with Crippen LogP contribution in [0, 0.1) is 0 Å². The zero-order valence-electron chi connectivity index (χ0n) is 22.8. The number of carbonyl (C=O) groups excluding carboxylic acids is 2. The van der Waals surface area contributed by atoms with Crippen LogP contribution in [0.1, 0.15) is 55.4 Å². The summed E-state index contributed by atoms with van der Waals surface area (Å²) in [5, 5.41) is 3.62. The monoisotopic (exact) mass is 517 g/mol. The van der Waals surface area contributed by atoms with Crippen molar-refractivity contribution in [3.8, 4) is 0 Å². The molecule has 1 heterocycles. The standard InChI is InChI=1S/C22H43N3O7Si2/c1-14(26)28-13-16-18(31-33(9,10)21(3,4)5)19(29-15(2)27)17(24-25-23)20(30-16)32-34(11,12)22(6,7)8/h16-20H,13H2,1-12H3/t16-,17-,18-,19-,20+/m1/s1. The third kappa shape index (κ3) is 7.79. The van der Waals surface area contributed by atoms with Gasteiger partial charge in [0.1, 0.15) is 31.0 Å². The first kappa shape index (κ1) is 30.6. The number of esters is 2. The molecule has 0 aliphatic carbocycles. The summed E-state index contributed by atoms with van der Waals surface area (Å²) >= 11 is 0. The Morgan fingerprint density at radius 1 is 0.912 bits per heavy atom. The van der Waals surface area contributed by atoms with Crippen LogP contribution in [0.15, 0.2) is 5.11 Å². The fourth-order valence-corrected chi connectivity index (χ4v) is 5.41. The van der Waals surface area contributed by atoms with Gasteiger partial charge in [-0.1, -0.05) is 46.7 Å². The lowest BCUT2D eigenvalue weighted by Gasteiger charge is -2.50. The Morgan fingerprint density at radius 2 is 1.41 bits per heavy atom. The summed E-state index contributed by atoms with van der Waals surface area (Å²) in [6, 6.07) is -0.980. The van der Waals surface area contributed by atoms with Gasteiger partial charge in [0, 0.05) is 18.8 Å². The molecule has 1 aliphatic heterocycles. The summed E-state index contributed by atoms with van der Waals surface area (Å²) in [6.07, 6.45) is -3.59. The van der Waals surface area contributed by atoms with Crippen LogP contribution >= 0.6 is 0 Å². The smallest absolute Gasteiger partial charge is 0.303 e. The molecule has 0 aromatic rings. The summed E-state index contributed by atoms with van der Waals surface area (Å²) in [7, 11) is -4.81. The number of ether oxygens (including phenoxy) is 3. The summed E-state index contributed by atoms with van der Waals surface area (Å²) in [4.78, 5) is 26.8. The molecule has 10 nitrogen and oxygen atoms in total. The Bertz CT molecular complexity index is 786. The van der Waals surface area contributed by atoms with Crippen molar-refractivity contribution in [1.82, 2.24) is 0 Å². The van der Waals surface area contributed by atoms with E-state index in [2.05, 4.69) is 64.7 Å². The van der Waals surface area contributed by atoms with Crippen LogP contribution in [-0.2, 0) is 32.7 Å². The van der Waals surface area contributed by atoms with E-state index in [4.69, 9.17) is 23.1 Å². The fraction of sp³-hybridized carbons (Fsp3) is 0.909. The quantitative estimate of drug-likeness (QED) is 0.140. The average molecular weight is 518 g/mol. The topological polar surface area (TPSA) is 129 Å². The molecule has 1 saturated heterocycles. The summed E-state index contributed by atoms with van der Waals surface area (Å²) < 4.78 is 30.4. The minimum atomic E-state index is -2.41. The van der Waals surface area contributed by atoms with Crippen molar-refractivity contribution in [2.75, 3.05) is 6.61 Å². The Balaban J connectivity index is 3.58. The van der Waals surface area contributed by atoms with Crippen LogP contribution in [0.2, 0.25) is 36.3 Å². The molecule has 0 amide bonds.